The highest BCUT2D eigenvalue weighted by Gasteiger charge is 2.17. The summed E-state index contributed by atoms with van der Waals surface area (Å²) in [5.74, 6) is 1.16. The van der Waals surface area contributed by atoms with Gasteiger partial charge in [-0.25, -0.2) is 0 Å². The Morgan fingerprint density at radius 3 is 2.13 bits per heavy atom. The van der Waals surface area contributed by atoms with Gasteiger partial charge in [0.1, 0.15) is 0 Å². The van der Waals surface area contributed by atoms with Crippen LogP contribution in [0.15, 0.2) is 24.3 Å². The highest BCUT2D eigenvalue weighted by atomic mass is 16.5. The predicted molar refractivity (Wildman–Crippen MR) is 87.4 cm³/mol. The molecule has 0 aliphatic heterocycles. The molecule has 1 aromatic heterocycles. The number of aryl methyl sites for hydroxylation is 1. The quantitative estimate of drug-likeness (QED) is 0.888. The number of hydrogen-bond donors (Lipinski definition) is 1. The molecule has 6 nitrogen and oxygen atoms in total. The van der Waals surface area contributed by atoms with Crippen molar-refractivity contribution in [3.8, 4) is 17.2 Å². The van der Waals surface area contributed by atoms with Crippen LogP contribution in [-0.4, -0.2) is 31.8 Å². The van der Waals surface area contributed by atoms with Crippen molar-refractivity contribution in [1.82, 2.24) is 9.88 Å². The number of benzene rings is 1. The fraction of sp³-hybridized carbons (Fsp3) is 0.353. The maximum absolute atomic E-state index is 12.4. The zero-order valence-electron chi connectivity index (χ0n) is 14.1. The zero-order valence-corrected chi connectivity index (χ0v) is 14.1. The fourth-order valence-electron chi connectivity index (χ4n) is 2.33. The summed E-state index contributed by atoms with van der Waals surface area (Å²) in [6, 6.07) is 7.27. The van der Waals surface area contributed by atoms with Crippen molar-refractivity contribution >= 4 is 5.91 Å². The molecule has 0 radical (unpaired) electrons. The van der Waals surface area contributed by atoms with Crippen molar-refractivity contribution in [2.45, 2.75) is 13.5 Å². The van der Waals surface area contributed by atoms with Crippen molar-refractivity contribution in [3.63, 3.8) is 0 Å². The number of nitrogens with zero attached hydrogens (tertiary/aromatic N) is 1. The maximum Gasteiger partial charge on any atom is 0.251 e. The first-order chi connectivity index (χ1) is 11.0. The molecule has 1 aromatic carbocycles. The molecule has 0 unspecified atom stereocenters. The van der Waals surface area contributed by atoms with Gasteiger partial charge in [0.2, 0.25) is 5.75 Å². The van der Waals surface area contributed by atoms with Crippen LogP contribution in [-0.2, 0) is 13.6 Å². The van der Waals surface area contributed by atoms with Crippen LogP contribution in [0.5, 0.6) is 17.2 Å². The third-order valence-corrected chi connectivity index (χ3v) is 3.83. The van der Waals surface area contributed by atoms with Crippen molar-refractivity contribution < 1.29 is 19.0 Å². The molecule has 0 aliphatic carbocycles. The van der Waals surface area contributed by atoms with E-state index in [0.29, 0.717) is 29.4 Å². The van der Waals surface area contributed by atoms with E-state index < -0.39 is 0 Å². The summed E-state index contributed by atoms with van der Waals surface area (Å²) in [6.45, 7) is 2.46. The number of rotatable bonds is 6. The van der Waals surface area contributed by atoms with E-state index in [2.05, 4.69) is 5.32 Å². The lowest BCUT2D eigenvalue weighted by Crippen LogP contribution is -2.24. The Bertz CT molecular complexity index is 682. The number of carbonyl (C=O) groups excluding carboxylic acids is 1. The lowest BCUT2D eigenvalue weighted by Gasteiger charge is -2.14. The molecule has 1 N–H and O–H groups in total. The van der Waals surface area contributed by atoms with E-state index in [1.807, 2.05) is 30.7 Å². The lowest BCUT2D eigenvalue weighted by molar-refractivity contribution is 0.0949. The molecule has 0 aliphatic rings. The SMILES string of the molecule is COc1cc(C(=O)NCc2ccc(C)n2C)cc(OC)c1OC. The van der Waals surface area contributed by atoms with Gasteiger partial charge in [0, 0.05) is 24.0 Å². The molecule has 0 bridgehead atoms. The third kappa shape index (κ3) is 3.41. The number of nitrogens with one attached hydrogen (secondary N) is 1. The zero-order chi connectivity index (χ0) is 17.0. The van der Waals surface area contributed by atoms with Crippen LogP contribution in [0.2, 0.25) is 0 Å². The van der Waals surface area contributed by atoms with Crippen LogP contribution in [0.3, 0.4) is 0 Å². The van der Waals surface area contributed by atoms with E-state index >= 15 is 0 Å². The largest absolute Gasteiger partial charge is 0.493 e. The molecular formula is C17H22N2O4. The second kappa shape index (κ2) is 7.09. The van der Waals surface area contributed by atoms with Gasteiger partial charge in [-0.05, 0) is 31.2 Å². The molecule has 6 heteroatoms. The second-order valence-electron chi connectivity index (χ2n) is 5.12. The lowest BCUT2D eigenvalue weighted by atomic mass is 10.1. The average molecular weight is 318 g/mol. The van der Waals surface area contributed by atoms with E-state index in [0.717, 1.165) is 11.4 Å². The van der Waals surface area contributed by atoms with Gasteiger partial charge in [0.05, 0.1) is 27.9 Å². The van der Waals surface area contributed by atoms with Gasteiger partial charge in [-0.15, -0.1) is 0 Å². The van der Waals surface area contributed by atoms with Crippen LogP contribution < -0.4 is 19.5 Å². The Balaban J connectivity index is 2.20. The molecule has 0 spiro atoms. The molecule has 0 saturated carbocycles. The second-order valence-corrected chi connectivity index (χ2v) is 5.12. The summed E-state index contributed by atoms with van der Waals surface area (Å²) in [5, 5.41) is 2.90. The summed E-state index contributed by atoms with van der Waals surface area (Å²) >= 11 is 0. The van der Waals surface area contributed by atoms with Crippen LogP contribution in [0.4, 0.5) is 0 Å². The first-order valence-electron chi connectivity index (χ1n) is 7.21. The predicted octanol–water partition coefficient (Wildman–Crippen LogP) is 2.29. The summed E-state index contributed by atoms with van der Waals surface area (Å²) < 4.78 is 17.8. The summed E-state index contributed by atoms with van der Waals surface area (Å²) in [5.41, 5.74) is 2.62. The Morgan fingerprint density at radius 2 is 1.70 bits per heavy atom. The Morgan fingerprint density at radius 1 is 1.09 bits per heavy atom. The van der Waals surface area contributed by atoms with Gasteiger partial charge in [0.25, 0.3) is 5.91 Å². The molecule has 0 fully saturated rings. The van der Waals surface area contributed by atoms with Crippen LogP contribution in [0.25, 0.3) is 0 Å². The van der Waals surface area contributed by atoms with Gasteiger partial charge in [-0.1, -0.05) is 0 Å². The van der Waals surface area contributed by atoms with E-state index in [9.17, 15) is 4.79 Å². The first kappa shape index (κ1) is 16.7. The van der Waals surface area contributed by atoms with E-state index in [1.165, 1.54) is 21.3 Å². The minimum Gasteiger partial charge on any atom is -0.493 e. The molecule has 0 atom stereocenters. The number of carbonyl (C=O) groups is 1. The highest BCUT2D eigenvalue weighted by molar-refractivity contribution is 5.95. The topological polar surface area (TPSA) is 61.7 Å². The average Bonchev–Trinajstić information content (AvgIpc) is 2.89. The molecular weight excluding hydrogens is 296 g/mol. The Hall–Kier alpha value is -2.63. The van der Waals surface area contributed by atoms with Crippen molar-refractivity contribution in [2.24, 2.45) is 7.05 Å². The molecule has 0 saturated heterocycles. The molecule has 1 heterocycles. The fourth-order valence-corrected chi connectivity index (χ4v) is 2.33. The summed E-state index contributed by atoms with van der Waals surface area (Å²) in [6.07, 6.45) is 0. The normalized spacial score (nSPS) is 10.3. The van der Waals surface area contributed by atoms with Crippen LogP contribution in [0, 0.1) is 6.92 Å². The summed E-state index contributed by atoms with van der Waals surface area (Å²) in [7, 11) is 6.53. The Kier molecular flexibility index (Phi) is 5.16. The van der Waals surface area contributed by atoms with E-state index in [1.54, 1.807) is 12.1 Å². The van der Waals surface area contributed by atoms with Crippen molar-refractivity contribution in [2.75, 3.05) is 21.3 Å². The van der Waals surface area contributed by atoms with Gasteiger partial charge in [-0.3, -0.25) is 4.79 Å². The molecule has 124 valence electrons. The van der Waals surface area contributed by atoms with E-state index in [4.69, 9.17) is 14.2 Å². The number of methoxy groups -OCH3 is 3. The third-order valence-electron chi connectivity index (χ3n) is 3.83. The Labute approximate surface area is 136 Å². The van der Waals surface area contributed by atoms with Crippen molar-refractivity contribution in [1.29, 1.82) is 0 Å². The van der Waals surface area contributed by atoms with Gasteiger partial charge in [-0.2, -0.15) is 0 Å². The minimum atomic E-state index is -0.205. The monoisotopic (exact) mass is 318 g/mol. The maximum atomic E-state index is 12.4. The van der Waals surface area contributed by atoms with Gasteiger partial charge in [0.15, 0.2) is 11.5 Å². The van der Waals surface area contributed by atoms with Crippen LogP contribution in [0.1, 0.15) is 21.7 Å². The standard InChI is InChI=1S/C17H22N2O4/c1-11-6-7-13(19(11)2)10-18-17(20)12-8-14(21-3)16(23-5)15(9-12)22-4/h6-9H,10H2,1-5H3,(H,18,20). The number of amides is 1. The molecule has 23 heavy (non-hydrogen) atoms. The minimum absolute atomic E-state index is 0.205. The number of aromatic nitrogens is 1. The first-order valence-corrected chi connectivity index (χ1v) is 7.21. The highest BCUT2D eigenvalue weighted by Crippen LogP contribution is 2.38. The number of ether oxygens (including phenoxy) is 3. The molecule has 2 rings (SSSR count). The van der Waals surface area contributed by atoms with Gasteiger partial charge < -0.3 is 24.1 Å². The number of hydrogen-bond acceptors (Lipinski definition) is 4. The molecule has 1 amide bonds. The van der Waals surface area contributed by atoms with Gasteiger partial charge >= 0.3 is 0 Å². The van der Waals surface area contributed by atoms with Crippen molar-refractivity contribution in [3.05, 3.63) is 41.2 Å². The van der Waals surface area contributed by atoms with Crippen LogP contribution >= 0.6 is 0 Å². The smallest absolute Gasteiger partial charge is 0.251 e. The van der Waals surface area contributed by atoms with E-state index in [-0.39, 0.29) is 5.91 Å². The summed E-state index contributed by atoms with van der Waals surface area (Å²) in [4.78, 5) is 12.4. The molecule has 2 aromatic rings.